The first-order chi connectivity index (χ1) is 64.0. The van der Waals surface area contributed by atoms with Crippen LogP contribution in [0.3, 0.4) is 0 Å². The van der Waals surface area contributed by atoms with Gasteiger partial charge in [0.05, 0.1) is 116 Å². The molecular weight excluding hydrogens is 1630 g/mol. The molecule has 129 heavy (non-hydrogen) atoms. The predicted molar refractivity (Wildman–Crippen MR) is 538 cm³/mol. The molecule has 0 saturated heterocycles. The number of nitrogens with zero attached hydrogens (tertiary/aromatic N) is 12. The van der Waals surface area contributed by atoms with Crippen LogP contribution in [-0.2, 0) is 17.3 Å². The molecule has 0 saturated carbocycles. The van der Waals surface area contributed by atoms with Crippen molar-refractivity contribution < 1.29 is 0 Å². The zero-order chi connectivity index (χ0) is 84.2. The summed E-state index contributed by atoms with van der Waals surface area (Å²) >= 11 is 5.44. The monoisotopic (exact) mass is 1700 g/mol. The maximum absolute atomic E-state index is 4.96. The Labute approximate surface area is 750 Å². The van der Waals surface area contributed by atoms with Crippen molar-refractivity contribution in [2.45, 2.75) is 32.7 Å². The number of para-hydroxylation sites is 15. The Morgan fingerprint density at radius 3 is 0.574 bits per heavy atom. The third kappa shape index (κ3) is 10.9. The van der Waals surface area contributed by atoms with Crippen molar-refractivity contribution in [3.05, 3.63) is 417 Å². The molecule has 3 aliphatic rings. The first-order valence-corrected chi connectivity index (χ1v) is 46.7. The summed E-state index contributed by atoms with van der Waals surface area (Å²) in [5.41, 5.74) is 35.9. The van der Waals surface area contributed by atoms with Gasteiger partial charge in [-0.1, -0.05) is 235 Å². The molecule has 0 bridgehead atoms. The maximum atomic E-state index is 4.96. The minimum Gasteiger partial charge on any atom is -0.309 e. The highest BCUT2D eigenvalue weighted by molar-refractivity contribution is 7.99. The topological polar surface area (TPSA) is 83.0 Å². The molecule has 3 aliphatic heterocycles. The zero-order valence-electron chi connectivity index (χ0n) is 69.3. The van der Waals surface area contributed by atoms with Gasteiger partial charge in [0, 0.05) is 116 Å². The van der Waals surface area contributed by atoms with Crippen LogP contribution in [0.15, 0.2) is 416 Å². The fourth-order valence-corrected chi connectivity index (χ4v) is 24.3. The highest BCUT2D eigenvalue weighted by Gasteiger charge is 2.29. The molecule has 9 aromatic heterocycles. The van der Waals surface area contributed by atoms with E-state index in [2.05, 4.69) is 441 Å². The summed E-state index contributed by atoms with van der Waals surface area (Å²) in [6, 6.07) is 146. The van der Waals surface area contributed by atoms with Gasteiger partial charge in [0.15, 0.2) is 15.5 Å². The third-order valence-electron chi connectivity index (χ3n) is 26.8. The minimum absolute atomic E-state index is 0.874. The quantitative estimate of drug-likeness (QED) is 0.165. The van der Waals surface area contributed by atoms with Gasteiger partial charge >= 0.3 is 0 Å². The Balaban J connectivity index is 0.000000102. The van der Waals surface area contributed by atoms with E-state index in [1.165, 1.54) is 187 Å². The second-order valence-corrected chi connectivity index (χ2v) is 36.6. The van der Waals surface area contributed by atoms with Gasteiger partial charge in [0.2, 0.25) is 0 Å². The number of aromatic nitrogens is 12. The third-order valence-corrected chi connectivity index (χ3v) is 29.8. The summed E-state index contributed by atoms with van der Waals surface area (Å²) in [5.74, 6) is 2.71. The van der Waals surface area contributed by atoms with Gasteiger partial charge in [-0.2, -0.15) is 0 Å². The van der Waals surface area contributed by atoms with E-state index in [1.54, 1.807) is 0 Å². The van der Waals surface area contributed by atoms with Crippen molar-refractivity contribution in [1.29, 1.82) is 0 Å². The van der Waals surface area contributed by atoms with Gasteiger partial charge in [-0.25, -0.2) is 15.0 Å². The van der Waals surface area contributed by atoms with Crippen molar-refractivity contribution in [1.82, 2.24) is 56.1 Å². The molecular formula is C114H72N12S3. The lowest BCUT2D eigenvalue weighted by molar-refractivity contribution is 0.893. The molecule has 12 nitrogen and oxygen atoms in total. The molecule has 0 amide bonds. The first kappa shape index (κ1) is 72.5. The average molecular weight is 1710 g/mol. The SMILES string of the molecule is c1ccc2c(c1)nc1n2-c2ccc(-n3c4ccc(-n5c6ccccc6c6ccccc65)cc4c4cc(-n5c6ccccc6c6ccccc65)ccc43)cc2CS1.c1ccc2c(c1)nc1n2-c2ccc(-n3c4ccccc4c4cc(-n5c6ccccc6c6ccccc65)ccc43)cc2CS1.c1ccc2c(c1)nc1n2-c2ccc(-n3c4ccccc4c4ccccc43)cc2CS1. The fraction of sp³-hybridized carbons (Fsp3) is 0.0263. The van der Waals surface area contributed by atoms with Crippen LogP contribution in [0.2, 0.25) is 0 Å². The molecule has 0 aliphatic carbocycles. The smallest absolute Gasteiger partial charge is 0.174 e. The van der Waals surface area contributed by atoms with Gasteiger partial charge in [-0.15, -0.1) is 0 Å². The van der Waals surface area contributed by atoms with Gasteiger partial charge < -0.3 is 27.4 Å². The van der Waals surface area contributed by atoms with Crippen LogP contribution in [0.4, 0.5) is 0 Å². The van der Waals surface area contributed by atoms with E-state index < -0.39 is 0 Å². The van der Waals surface area contributed by atoms with Crippen LogP contribution in [0.5, 0.6) is 0 Å². The van der Waals surface area contributed by atoms with Gasteiger partial charge in [-0.3, -0.25) is 13.7 Å². The zero-order valence-corrected chi connectivity index (χ0v) is 71.8. The van der Waals surface area contributed by atoms with Crippen LogP contribution < -0.4 is 0 Å². The standard InChI is InChI=1S/C50H31N5S.C38H24N4S.C26H17N3S/c1-6-16-43-35(11-1)36-12-2-7-17-44(36)53(43)33-22-25-47-39(28-33)40-29-34(54-45-18-8-3-13-37(45)38-14-4-9-19-46(38)54)23-26-48(40)52(47)32-21-24-42-31(27-32)30-56-50-51-41-15-5-10-20-49(41)55(42)50;1-5-13-33-27(9-1)28-10-2-6-14-34(28)41(33)26-18-20-36-30(22-26)29-11-3-7-15-35(29)40(36)25-17-19-32-24(21-25)23-43-38-39-31-12-4-8-16-37(31)42(32)38;1-4-10-23-19(7-1)20-8-2-5-11-24(20)28(23)18-13-14-22-17(15-18)16-30-26-27-21-9-3-6-12-25(21)29(22)26/h1-29H,30H2;1-22H,23H2;1-15H,16H2. The van der Waals surface area contributed by atoms with E-state index in [-0.39, 0.29) is 0 Å². The summed E-state index contributed by atoms with van der Waals surface area (Å²) in [6.45, 7) is 0. The Morgan fingerprint density at radius 1 is 0.155 bits per heavy atom. The van der Waals surface area contributed by atoms with E-state index >= 15 is 0 Å². The number of rotatable bonds is 6. The minimum atomic E-state index is 0.874. The highest BCUT2D eigenvalue weighted by Crippen LogP contribution is 2.47. The number of fused-ring (bicyclic) bond motifs is 33. The number of imidazole rings is 3. The number of hydrogen-bond acceptors (Lipinski definition) is 6. The lowest BCUT2D eigenvalue weighted by Gasteiger charge is -2.20. The first-order valence-electron chi connectivity index (χ1n) is 43.8. The normalized spacial score (nSPS) is 12.9. The highest BCUT2D eigenvalue weighted by atomic mass is 32.2. The fourth-order valence-electron chi connectivity index (χ4n) is 21.3. The van der Waals surface area contributed by atoms with Crippen molar-refractivity contribution in [3.63, 3.8) is 0 Å². The van der Waals surface area contributed by atoms with Crippen molar-refractivity contribution in [2.24, 2.45) is 0 Å². The molecule has 0 spiro atoms. The molecule has 27 aromatic rings. The van der Waals surface area contributed by atoms with Crippen LogP contribution in [0, 0.1) is 0 Å². The summed E-state index contributed by atoms with van der Waals surface area (Å²) in [7, 11) is 0. The summed E-state index contributed by atoms with van der Waals surface area (Å²) in [4.78, 5) is 14.7. The Bertz CT molecular complexity index is 9080. The lowest BCUT2D eigenvalue weighted by atomic mass is 10.1. The Morgan fingerprint density at radius 2 is 0.333 bits per heavy atom. The molecule has 0 unspecified atom stereocenters. The molecule has 0 atom stereocenters. The van der Waals surface area contributed by atoms with Crippen molar-refractivity contribution >= 4 is 199 Å². The molecule has 30 rings (SSSR count). The number of benzene rings is 18. The molecule has 12 heterocycles. The van der Waals surface area contributed by atoms with Crippen LogP contribution in [0.25, 0.3) is 215 Å². The summed E-state index contributed by atoms with van der Waals surface area (Å²) < 4.78 is 21.5. The Hall–Kier alpha value is -15.8. The second kappa shape index (κ2) is 28.4. The van der Waals surface area contributed by atoms with Gasteiger partial charge in [0.25, 0.3) is 0 Å². The van der Waals surface area contributed by atoms with E-state index in [4.69, 9.17) is 15.0 Å². The van der Waals surface area contributed by atoms with Crippen LogP contribution in [0.1, 0.15) is 16.7 Å². The molecule has 0 fully saturated rings. The van der Waals surface area contributed by atoms with Crippen molar-refractivity contribution in [2.75, 3.05) is 0 Å². The van der Waals surface area contributed by atoms with Crippen molar-refractivity contribution in [3.8, 4) is 51.2 Å². The average Bonchev–Trinajstić information content (AvgIpc) is 1.55. The van der Waals surface area contributed by atoms with Crippen LogP contribution >= 0.6 is 35.3 Å². The molecule has 15 heteroatoms. The number of hydrogen-bond donors (Lipinski definition) is 0. The second-order valence-electron chi connectivity index (χ2n) is 33.7. The molecule has 606 valence electrons. The van der Waals surface area contributed by atoms with Gasteiger partial charge in [-0.05, 0) is 217 Å². The molecule has 0 N–H and O–H groups in total. The molecule has 18 aromatic carbocycles. The van der Waals surface area contributed by atoms with E-state index in [1.807, 2.05) is 35.3 Å². The van der Waals surface area contributed by atoms with Gasteiger partial charge in [0.1, 0.15) is 0 Å². The number of thioether (sulfide) groups is 3. The molecule has 0 radical (unpaired) electrons. The van der Waals surface area contributed by atoms with E-state index in [0.717, 1.165) is 77.4 Å². The van der Waals surface area contributed by atoms with Crippen LogP contribution in [-0.4, -0.2) is 56.1 Å². The lowest BCUT2D eigenvalue weighted by Crippen LogP contribution is -2.07. The summed E-state index contributed by atoms with van der Waals surface area (Å²) in [5, 5.41) is 18.4. The Kier molecular flexibility index (Phi) is 15.9. The van der Waals surface area contributed by atoms with E-state index in [9.17, 15) is 0 Å². The maximum Gasteiger partial charge on any atom is 0.174 e. The van der Waals surface area contributed by atoms with E-state index in [0.29, 0.717) is 0 Å². The summed E-state index contributed by atoms with van der Waals surface area (Å²) in [6.07, 6.45) is 0. The predicted octanol–water partition coefficient (Wildman–Crippen LogP) is 29.5. The largest absolute Gasteiger partial charge is 0.309 e.